The smallest absolute Gasteiger partial charge is 0.264 e. The number of hydrogen-bond donors (Lipinski definition) is 1. The van der Waals surface area contributed by atoms with Crippen LogP contribution in [0, 0.1) is 12.7 Å². The zero-order chi connectivity index (χ0) is 25.4. The van der Waals surface area contributed by atoms with E-state index in [1.54, 1.807) is 42.1 Å². The number of thioether (sulfide) groups is 1. The van der Waals surface area contributed by atoms with Crippen LogP contribution in [-0.4, -0.2) is 33.2 Å². The van der Waals surface area contributed by atoms with Gasteiger partial charge in [-0.2, -0.15) is 11.8 Å². The number of amides is 1. The Hall–Kier alpha value is -2.26. The van der Waals surface area contributed by atoms with E-state index in [-0.39, 0.29) is 26.4 Å². The van der Waals surface area contributed by atoms with Crippen molar-refractivity contribution in [1.82, 2.24) is 5.32 Å². The summed E-state index contributed by atoms with van der Waals surface area (Å²) in [6.45, 7) is 1.78. The summed E-state index contributed by atoms with van der Waals surface area (Å²) in [6.07, 6.45) is 0.651. The van der Waals surface area contributed by atoms with Gasteiger partial charge in [0.25, 0.3) is 10.0 Å². The molecule has 1 N–H and O–H groups in total. The van der Waals surface area contributed by atoms with E-state index in [9.17, 15) is 17.6 Å². The minimum absolute atomic E-state index is 0.0524. The number of hydrogen-bond acceptors (Lipinski definition) is 4. The van der Waals surface area contributed by atoms with Crippen molar-refractivity contribution in [2.75, 3.05) is 23.1 Å². The van der Waals surface area contributed by atoms with Gasteiger partial charge in [-0.25, -0.2) is 12.8 Å². The molecule has 0 saturated heterocycles. The highest BCUT2D eigenvalue weighted by atomic mass is 35.5. The fourth-order valence-electron chi connectivity index (χ4n) is 3.22. The molecule has 5 nitrogen and oxygen atoms in total. The molecule has 3 aromatic rings. The molecule has 35 heavy (non-hydrogen) atoms. The van der Waals surface area contributed by atoms with Gasteiger partial charge in [-0.3, -0.25) is 9.10 Å². The minimum atomic E-state index is -4.06. The van der Waals surface area contributed by atoms with Gasteiger partial charge < -0.3 is 5.32 Å². The van der Waals surface area contributed by atoms with E-state index in [0.717, 1.165) is 9.87 Å². The van der Waals surface area contributed by atoms with Crippen molar-refractivity contribution in [2.24, 2.45) is 0 Å². The largest absolute Gasteiger partial charge is 0.354 e. The van der Waals surface area contributed by atoms with E-state index in [1.807, 2.05) is 6.92 Å². The number of aryl methyl sites for hydroxylation is 1. The first-order chi connectivity index (χ1) is 16.7. The van der Waals surface area contributed by atoms with Crippen molar-refractivity contribution in [3.8, 4) is 0 Å². The van der Waals surface area contributed by atoms with Crippen molar-refractivity contribution in [3.63, 3.8) is 0 Å². The number of nitrogens with one attached hydrogen (secondary N) is 1. The molecule has 0 bridgehead atoms. The maximum atomic E-state index is 13.7. The lowest BCUT2D eigenvalue weighted by atomic mass is 10.2. The van der Waals surface area contributed by atoms with Crippen molar-refractivity contribution < 1.29 is 17.6 Å². The third-order valence-corrected chi connectivity index (χ3v) is 8.35. The molecule has 0 radical (unpaired) electrons. The number of anilines is 1. The van der Waals surface area contributed by atoms with Gasteiger partial charge in [-0.1, -0.05) is 59.1 Å². The van der Waals surface area contributed by atoms with Gasteiger partial charge in [0.2, 0.25) is 5.91 Å². The molecule has 0 spiro atoms. The zero-order valence-electron chi connectivity index (χ0n) is 19.0. The molecule has 186 valence electrons. The Balaban J connectivity index is 1.63. The van der Waals surface area contributed by atoms with Crippen LogP contribution in [-0.2, 0) is 20.6 Å². The molecule has 3 aromatic carbocycles. The van der Waals surface area contributed by atoms with E-state index in [1.165, 1.54) is 36.4 Å². The third kappa shape index (κ3) is 7.87. The highest BCUT2D eigenvalue weighted by molar-refractivity contribution is 7.98. The molecule has 0 aromatic heterocycles. The Kier molecular flexibility index (Phi) is 9.86. The summed E-state index contributed by atoms with van der Waals surface area (Å²) in [7, 11) is -4.06. The van der Waals surface area contributed by atoms with Gasteiger partial charge in [0, 0.05) is 22.3 Å². The van der Waals surface area contributed by atoms with Gasteiger partial charge in [0.05, 0.1) is 10.6 Å². The topological polar surface area (TPSA) is 66.5 Å². The number of halogens is 3. The summed E-state index contributed by atoms with van der Waals surface area (Å²) in [4.78, 5) is 12.7. The molecular weight excluding hydrogens is 530 g/mol. The molecule has 0 atom stereocenters. The second-order valence-electron chi connectivity index (χ2n) is 7.80. The SMILES string of the molecule is Cc1ccc(S(=O)(=O)N(CC(=O)NCCCSCc2ccccc2F)c2cc(Cl)cc(Cl)c2)cc1. The molecule has 1 amide bonds. The van der Waals surface area contributed by atoms with Gasteiger partial charge in [0.1, 0.15) is 12.4 Å². The highest BCUT2D eigenvalue weighted by Crippen LogP contribution is 2.29. The summed E-state index contributed by atoms with van der Waals surface area (Å²) in [5.74, 6) is 0.558. The van der Waals surface area contributed by atoms with Gasteiger partial charge in [-0.05, 0) is 61.1 Å². The lowest BCUT2D eigenvalue weighted by molar-refractivity contribution is -0.119. The highest BCUT2D eigenvalue weighted by Gasteiger charge is 2.27. The monoisotopic (exact) mass is 554 g/mol. The average Bonchev–Trinajstić information content (AvgIpc) is 2.80. The Labute approximate surface area is 219 Å². The van der Waals surface area contributed by atoms with Crippen LogP contribution in [0.25, 0.3) is 0 Å². The van der Waals surface area contributed by atoms with Crippen LogP contribution in [0.5, 0.6) is 0 Å². The summed E-state index contributed by atoms with van der Waals surface area (Å²) < 4.78 is 41.5. The Morgan fingerprint density at radius 3 is 2.34 bits per heavy atom. The average molecular weight is 556 g/mol. The van der Waals surface area contributed by atoms with E-state index < -0.39 is 22.5 Å². The van der Waals surface area contributed by atoms with Crippen molar-refractivity contribution in [3.05, 3.63) is 93.7 Å². The quantitative estimate of drug-likeness (QED) is 0.292. The number of benzene rings is 3. The predicted octanol–water partition coefficient (Wildman–Crippen LogP) is 6.08. The summed E-state index contributed by atoms with van der Waals surface area (Å²) in [6, 6.07) is 17.4. The number of sulfonamides is 1. The Bertz CT molecular complexity index is 1250. The molecule has 0 aliphatic carbocycles. The molecule has 0 unspecified atom stereocenters. The lowest BCUT2D eigenvalue weighted by Crippen LogP contribution is -2.41. The summed E-state index contributed by atoms with van der Waals surface area (Å²) >= 11 is 13.8. The molecule has 0 aliphatic rings. The van der Waals surface area contributed by atoms with E-state index in [0.29, 0.717) is 30.0 Å². The number of carbonyl (C=O) groups excluding carboxylic acids is 1. The van der Waals surface area contributed by atoms with Crippen LogP contribution in [0.1, 0.15) is 17.5 Å². The zero-order valence-corrected chi connectivity index (χ0v) is 22.2. The molecule has 0 heterocycles. The second kappa shape index (κ2) is 12.6. The van der Waals surface area contributed by atoms with Crippen LogP contribution in [0.4, 0.5) is 10.1 Å². The number of carbonyl (C=O) groups is 1. The fraction of sp³-hybridized carbons (Fsp3) is 0.240. The molecule has 3 rings (SSSR count). The third-order valence-electron chi connectivity index (χ3n) is 5.03. The van der Waals surface area contributed by atoms with E-state index in [4.69, 9.17) is 23.2 Å². The Morgan fingerprint density at radius 1 is 1.03 bits per heavy atom. The van der Waals surface area contributed by atoms with Crippen molar-refractivity contribution in [1.29, 1.82) is 0 Å². The summed E-state index contributed by atoms with van der Waals surface area (Å²) in [5, 5.41) is 3.26. The van der Waals surface area contributed by atoms with Gasteiger partial charge in [0.15, 0.2) is 0 Å². The maximum Gasteiger partial charge on any atom is 0.264 e. The number of rotatable bonds is 11. The molecule has 0 aliphatic heterocycles. The molecule has 0 fully saturated rings. The normalized spacial score (nSPS) is 11.3. The lowest BCUT2D eigenvalue weighted by Gasteiger charge is -2.24. The van der Waals surface area contributed by atoms with Crippen LogP contribution in [0.2, 0.25) is 10.0 Å². The first-order valence-electron chi connectivity index (χ1n) is 10.8. The van der Waals surface area contributed by atoms with Crippen LogP contribution in [0.3, 0.4) is 0 Å². The van der Waals surface area contributed by atoms with Gasteiger partial charge >= 0.3 is 0 Å². The van der Waals surface area contributed by atoms with E-state index in [2.05, 4.69) is 5.32 Å². The van der Waals surface area contributed by atoms with Gasteiger partial charge in [-0.15, -0.1) is 0 Å². The molecule has 0 saturated carbocycles. The molecular formula is C25H25Cl2FN2O3S2. The fourth-order valence-corrected chi connectivity index (χ4v) is 6.09. The predicted molar refractivity (Wildman–Crippen MR) is 142 cm³/mol. The van der Waals surface area contributed by atoms with Crippen LogP contribution in [0.15, 0.2) is 71.6 Å². The van der Waals surface area contributed by atoms with Crippen LogP contribution < -0.4 is 9.62 Å². The van der Waals surface area contributed by atoms with E-state index >= 15 is 0 Å². The first-order valence-corrected chi connectivity index (χ1v) is 14.2. The summed E-state index contributed by atoms with van der Waals surface area (Å²) in [5.41, 5.74) is 1.74. The van der Waals surface area contributed by atoms with Crippen LogP contribution >= 0.6 is 35.0 Å². The Morgan fingerprint density at radius 2 is 1.69 bits per heavy atom. The number of nitrogens with zero attached hydrogens (tertiary/aromatic N) is 1. The first kappa shape index (κ1) is 27.3. The maximum absolute atomic E-state index is 13.7. The second-order valence-corrected chi connectivity index (χ2v) is 11.6. The van der Waals surface area contributed by atoms with Crippen molar-refractivity contribution in [2.45, 2.75) is 24.0 Å². The standard InChI is InChI=1S/C25H25Cl2FN2O3S2/c1-18-7-9-23(10-8-18)35(32,33)30(22-14-20(26)13-21(27)15-22)16-25(31)29-11-4-12-34-17-19-5-2-3-6-24(19)28/h2-3,5-10,13-15H,4,11-12,16-17H2,1H3,(H,29,31). The minimum Gasteiger partial charge on any atom is -0.354 e. The van der Waals surface area contributed by atoms with Crippen molar-refractivity contribution >= 4 is 56.6 Å². The molecule has 10 heteroatoms.